The molecule has 1 aromatic rings. The van der Waals surface area contributed by atoms with Gasteiger partial charge in [0.1, 0.15) is 6.61 Å². The lowest BCUT2D eigenvalue weighted by molar-refractivity contribution is 0.317. The van der Waals surface area contributed by atoms with Crippen molar-refractivity contribution in [2.75, 3.05) is 11.9 Å². The molecule has 0 aliphatic rings. The van der Waals surface area contributed by atoms with Crippen LogP contribution in [0, 0.1) is 0 Å². The van der Waals surface area contributed by atoms with Crippen molar-refractivity contribution >= 4 is 15.9 Å². The van der Waals surface area contributed by atoms with Crippen LogP contribution in [-0.4, -0.2) is 32.6 Å². The molecule has 50 valence electrons. The first-order valence-corrected chi connectivity index (χ1v) is 3.48. The molecule has 0 radical (unpaired) electrons. The normalized spacial score (nSPS) is 9.44. The molecule has 0 aliphatic heterocycles. The average Bonchev–Trinajstić information content (AvgIpc) is 2.34. The van der Waals surface area contributed by atoms with Crippen LogP contribution in [0.1, 0.15) is 0 Å². The number of aromatic amines is 1. The highest BCUT2D eigenvalue weighted by Crippen LogP contribution is 1.93. The molecule has 0 amide bonds. The summed E-state index contributed by atoms with van der Waals surface area (Å²) in [4.78, 5) is 0. The second kappa shape index (κ2) is 3.39. The minimum absolute atomic E-state index is 0.356. The Hall–Kier alpha value is -0.650. The Balaban J connectivity index is 2.30. The smallest absolute Gasteiger partial charge is 0.332 e. The molecule has 0 aromatic carbocycles. The van der Waals surface area contributed by atoms with Gasteiger partial charge in [-0.3, -0.25) is 0 Å². The molecule has 0 saturated heterocycles. The van der Waals surface area contributed by atoms with Gasteiger partial charge in [0, 0.05) is 5.33 Å². The average molecular weight is 193 g/mol. The Morgan fingerprint density at radius 1 is 1.67 bits per heavy atom. The molecule has 0 aliphatic carbocycles. The summed E-state index contributed by atoms with van der Waals surface area (Å²) in [6, 6.07) is 0.356. The van der Waals surface area contributed by atoms with Crippen LogP contribution in [0.5, 0.6) is 6.01 Å². The zero-order chi connectivity index (χ0) is 6.53. The maximum atomic E-state index is 4.96. The van der Waals surface area contributed by atoms with E-state index in [-0.39, 0.29) is 0 Å². The van der Waals surface area contributed by atoms with Gasteiger partial charge in [0.2, 0.25) is 0 Å². The first kappa shape index (κ1) is 6.47. The van der Waals surface area contributed by atoms with Gasteiger partial charge in [0.25, 0.3) is 0 Å². The van der Waals surface area contributed by atoms with Gasteiger partial charge in [-0.2, -0.15) is 0 Å². The molecule has 9 heavy (non-hydrogen) atoms. The second-order valence-electron chi connectivity index (χ2n) is 1.24. The predicted molar refractivity (Wildman–Crippen MR) is 33.5 cm³/mol. The third kappa shape index (κ3) is 1.96. The fourth-order valence-corrected chi connectivity index (χ4v) is 0.509. The molecular weight excluding hydrogens is 188 g/mol. The number of aromatic nitrogens is 4. The molecule has 1 aromatic heterocycles. The molecular formula is C3H5BrN4O. The number of nitrogens with one attached hydrogen (secondary N) is 1. The number of tetrazole rings is 1. The van der Waals surface area contributed by atoms with Gasteiger partial charge in [-0.05, 0) is 10.4 Å². The summed E-state index contributed by atoms with van der Waals surface area (Å²) in [5.41, 5.74) is 0. The number of rotatable bonds is 3. The van der Waals surface area contributed by atoms with Crippen molar-refractivity contribution in [3.63, 3.8) is 0 Å². The highest BCUT2D eigenvalue weighted by atomic mass is 79.9. The van der Waals surface area contributed by atoms with Crippen molar-refractivity contribution in [2.24, 2.45) is 0 Å². The molecule has 0 atom stereocenters. The topological polar surface area (TPSA) is 63.7 Å². The van der Waals surface area contributed by atoms with Crippen molar-refractivity contribution in [2.45, 2.75) is 0 Å². The van der Waals surface area contributed by atoms with Crippen LogP contribution in [0.4, 0.5) is 0 Å². The van der Waals surface area contributed by atoms with Crippen molar-refractivity contribution < 1.29 is 4.74 Å². The Morgan fingerprint density at radius 2 is 2.56 bits per heavy atom. The number of ether oxygens (including phenoxy) is 1. The molecule has 0 fully saturated rings. The zero-order valence-electron chi connectivity index (χ0n) is 4.54. The third-order valence-electron chi connectivity index (χ3n) is 0.642. The fourth-order valence-electron chi connectivity index (χ4n) is 0.347. The van der Waals surface area contributed by atoms with E-state index in [1.807, 2.05) is 0 Å². The van der Waals surface area contributed by atoms with Crippen molar-refractivity contribution in [1.82, 2.24) is 20.6 Å². The third-order valence-corrected chi connectivity index (χ3v) is 0.966. The summed E-state index contributed by atoms with van der Waals surface area (Å²) >= 11 is 3.19. The van der Waals surface area contributed by atoms with Crippen molar-refractivity contribution in [3.05, 3.63) is 0 Å². The summed E-state index contributed by atoms with van der Waals surface area (Å²) in [5, 5.41) is 13.4. The number of hydrogen-bond acceptors (Lipinski definition) is 4. The SMILES string of the molecule is BrCCOc1nnn[nH]1. The molecule has 6 heteroatoms. The Morgan fingerprint density at radius 3 is 3.11 bits per heavy atom. The molecule has 1 N–H and O–H groups in total. The lowest BCUT2D eigenvalue weighted by Gasteiger charge is -1.93. The Bertz CT molecular complexity index is 153. The number of halogens is 1. The van der Waals surface area contributed by atoms with Crippen LogP contribution in [-0.2, 0) is 0 Å². The highest BCUT2D eigenvalue weighted by Gasteiger charge is 1.92. The summed E-state index contributed by atoms with van der Waals surface area (Å²) in [5.74, 6) is 0. The maximum absolute atomic E-state index is 4.96. The highest BCUT2D eigenvalue weighted by molar-refractivity contribution is 9.09. The van der Waals surface area contributed by atoms with E-state index in [1.165, 1.54) is 0 Å². The first-order valence-electron chi connectivity index (χ1n) is 2.36. The van der Waals surface area contributed by atoms with Crippen LogP contribution in [0.15, 0.2) is 0 Å². The van der Waals surface area contributed by atoms with E-state index in [4.69, 9.17) is 4.74 Å². The van der Waals surface area contributed by atoms with Gasteiger partial charge >= 0.3 is 6.01 Å². The molecule has 1 heterocycles. The van der Waals surface area contributed by atoms with E-state index >= 15 is 0 Å². The summed E-state index contributed by atoms with van der Waals surface area (Å²) < 4.78 is 4.96. The van der Waals surface area contributed by atoms with Gasteiger partial charge in [0.05, 0.1) is 0 Å². The monoisotopic (exact) mass is 192 g/mol. The quantitative estimate of drug-likeness (QED) is 0.684. The van der Waals surface area contributed by atoms with Crippen LogP contribution in [0.3, 0.4) is 0 Å². The number of H-pyrrole nitrogens is 1. The summed E-state index contributed by atoms with van der Waals surface area (Å²) in [6.45, 7) is 0.566. The number of alkyl halides is 1. The van der Waals surface area contributed by atoms with Gasteiger partial charge < -0.3 is 4.74 Å². The molecule has 0 saturated carbocycles. The minimum Gasteiger partial charge on any atom is -0.462 e. The Labute approximate surface area is 59.9 Å². The number of hydrogen-bond donors (Lipinski definition) is 1. The van der Waals surface area contributed by atoms with Crippen molar-refractivity contribution in [3.8, 4) is 6.01 Å². The van der Waals surface area contributed by atoms with E-state index < -0.39 is 0 Å². The second-order valence-corrected chi connectivity index (χ2v) is 2.04. The lowest BCUT2D eigenvalue weighted by Crippen LogP contribution is -1.98. The summed E-state index contributed by atoms with van der Waals surface area (Å²) in [7, 11) is 0. The van der Waals surface area contributed by atoms with Gasteiger partial charge in [0.15, 0.2) is 0 Å². The molecule has 1 rings (SSSR count). The summed E-state index contributed by atoms with van der Waals surface area (Å²) in [6.07, 6.45) is 0. The molecule has 0 bridgehead atoms. The van der Waals surface area contributed by atoms with Crippen molar-refractivity contribution in [1.29, 1.82) is 0 Å². The van der Waals surface area contributed by atoms with E-state index in [0.29, 0.717) is 12.6 Å². The van der Waals surface area contributed by atoms with E-state index in [1.54, 1.807) is 0 Å². The standard InChI is InChI=1S/C3H5BrN4O/c4-1-2-9-3-5-7-8-6-3/h1-2H2,(H,5,6,7,8). The first-order chi connectivity index (χ1) is 4.43. The van der Waals surface area contributed by atoms with E-state index in [0.717, 1.165) is 5.33 Å². The molecule has 0 unspecified atom stereocenters. The maximum Gasteiger partial charge on any atom is 0.332 e. The minimum atomic E-state index is 0.356. The van der Waals surface area contributed by atoms with E-state index in [2.05, 4.69) is 36.6 Å². The fraction of sp³-hybridized carbons (Fsp3) is 0.667. The van der Waals surface area contributed by atoms with Crippen LogP contribution in [0.25, 0.3) is 0 Å². The zero-order valence-corrected chi connectivity index (χ0v) is 6.13. The Kier molecular flexibility index (Phi) is 2.44. The van der Waals surface area contributed by atoms with Crippen LogP contribution < -0.4 is 4.74 Å². The molecule has 0 spiro atoms. The van der Waals surface area contributed by atoms with Gasteiger partial charge in [-0.25, -0.2) is 5.10 Å². The predicted octanol–water partition coefficient (Wildman–Crippen LogP) is -0.0266. The number of nitrogens with zero attached hydrogens (tertiary/aromatic N) is 3. The van der Waals surface area contributed by atoms with Gasteiger partial charge in [-0.1, -0.05) is 21.0 Å². The van der Waals surface area contributed by atoms with Crippen LogP contribution in [0.2, 0.25) is 0 Å². The largest absolute Gasteiger partial charge is 0.462 e. The molecule has 5 nitrogen and oxygen atoms in total. The van der Waals surface area contributed by atoms with Crippen LogP contribution >= 0.6 is 15.9 Å². The lowest BCUT2D eigenvalue weighted by atomic mass is 10.9. The van der Waals surface area contributed by atoms with E-state index in [9.17, 15) is 0 Å². The van der Waals surface area contributed by atoms with Gasteiger partial charge in [-0.15, -0.1) is 0 Å².